The van der Waals surface area contributed by atoms with E-state index in [1.54, 1.807) is 7.11 Å². The number of pyridine rings is 1. The summed E-state index contributed by atoms with van der Waals surface area (Å²) in [6.45, 7) is 4.00. The maximum atomic E-state index is 5.39. The maximum absolute atomic E-state index is 5.39. The first-order valence-electron chi connectivity index (χ1n) is 4.86. The molecule has 14 heavy (non-hydrogen) atoms. The van der Waals surface area contributed by atoms with Crippen molar-refractivity contribution in [2.24, 2.45) is 0 Å². The third kappa shape index (κ3) is 3.85. The highest BCUT2D eigenvalue weighted by Crippen LogP contribution is 2.04. The van der Waals surface area contributed by atoms with Gasteiger partial charge in [-0.2, -0.15) is 0 Å². The van der Waals surface area contributed by atoms with Crippen LogP contribution in [-0.2, 0) is 22.5 Å². The van der Waals surface area contributed by atoms with Crippen LogP contribution in [0.4, 0.5) is 0 Å². The van der Waals surface area contributed by atoms with Gasteiger partial charge in [0.1, 0.15) is 0 Å². The van der Waals surface area contributed by atoms with Crippen molar-refractivity contribution < 1.29 is 9.47 Å². The molecule has 1 rings (SSSR count). The zero-order chi connectivity index (χ0) is 10.2. The van der Waals surface area contributed by atoms with Gasteiger partial charge in [-0.1, -0.05) is 13.0 Å². The predicted molar refractivity (Wildman–Crippen MR) is 55.1 cm³/mol. The second kappa shape index (κ2) is 6.51. The Bertz CT molecular complexity index is 263. The Hall–Kier alpha value is -0.930. The molecule has 0 radical (unpaired) electrons. The normalized spacial score (nSPS) is 10.4. The van der Waals surface area contributed by atoms with Crippen LogP contribution >= 0.6 is 0 Å². The van der Waals surface area contributed by atoms with Gasteiger partial charge in [0.25, 0.3) is 0 Å². The van der Waals surface area contributed by atoms with E-state index >= 15 is 0 Å². The van der Waals surface area contributed by atoms with E-state index < -0.39 is 0 Å². The molecular formula is C11H17NO2. The van der Waals surface area contributed by atoms with Gasteiger partial charge in [0.2, 0.25) is 0 Å². The van der Waals surface area contributed by atoms with Crippen LogP contribution < -0.4 is 0 Å². The van der Waals surface area contributed by atoms with Crippen molar-refractivity contribution in [2.75, 3.05) is 20.3 Å². The molecule has 3 heteroatoms. The molecular weight excluding hydrogens is 178 g/mol. The third-order valence-corrected chi connectivity index (χ3v) is 1.96. The van der Waals surface area contributed by atoms with Gasteiger partial charge in [-0.3, -0.25) is 4.98 Å². The summed E-state index contributed by atoms with van der Waals surface area (Å²) in [5, 5.41) is 0. The monoisotopic (exact) mass is 195 g/mol. The fourth-order valence-electron chi connectivity index (χ4n) is 1.15. The van der Waals surface area contributed by atoms with Crippen LogP contribution in [0.15, 0.2) is 18.5 Å². The molecule has 0 fully saturated rings. The highest BCUT2D eigenvalue weighted by Gasteiger charge is 1.95. The summed E-state index contributed by atoms with van der Waals surface area (Å²) >= 11 is 0. The Morgan fingerprint density at radius 2 is 2.00 bits per heavy atom. The lowest BCUT2D eigenvalue weighted by molar-refractivity contribution is 0.0615. The molecule has 1 heterocycles. The van der Waals surface area contributed by atoms with Crippen molar-refractivity contribution in [1.29, 1.82) is 0 Å². The Morgan fingerprint density at radius 3 is 2.71 bits per heavy atom. The van der Waals surface area contributed by atoms with Gasteiger partial charge in [0, 0.05) is 19.5 Å². The van der Waals surface area contributed by atoms with Crippen molar-refractivity contribution in [3.63, 3.8) is 0 Å². The summed E-state index contributed by atoms with van der Waals surface area (Å²) in [5.41, 5.74) is 2.37. The topological polar surface area (TPSA) is 31.4 Å². The van der Waals surface area contributed by atoms with Crippen LogP contribution in [0.25, 0.3) is 0 Å². The number of hydrogen-bond donors (Lipinski definition) is 0. The van der Waals surface area contributed by atoms with E-state index in [4.69, 9.17) is 9.47 Å². The van der Waals surface area contributed by atoms with Gasteiger partial charge >= 0.3 is 0 Å². The molecule has 1 aromatic rings. The number of aryl methyl sites for hydroxylation is 1. The molecule has 0 spiro atoms. The summed E-state index contributed by atoms with van der Waals surface area (Å²) < 4.78 is 10.3. The molecule has 0 saturated heterocycles. The third-order valence-electron chi connectivity index (χ3n) is 1.96. The second-order valence-electron chi connectivity index (χ2n) is 3.10. The Morgan fingerprint density at radius 1 is 1.21 bits per heavy atom. The summed E-state index contributed by atoms with van der Waals surface area (Å²) in [7, 11) is 1.67. The van der Waals surface area contributed by atoms with E-state index in [0.29, 0.717) is 19.8 Å². The van der Waals surface area contributed by atoms with Crippen molar-refractivity contribution in [2.45, 2.75) is 20.0 Å². The van der Waals surface area contributed by atoms with Crippen LogP contribution in [-0.4, -0.2) is 25.3 Å². The molecule has 3 nitrogen and oxygen atoms in total. The molecule has 0 aliphatic heterocycles. The van der Waals surface area contributed by atoms with Gasteiger partial charge in [0.15, 0.2) is 0 Å². The number of hydrogen-bond acceptors (Lipinski definition) is 3. The number of methoxy groups -OCH3 is 1. The Kier molecular flexibility index (Phi) is 5.19. The van der Waals surface area contributed by atoms with Crippen LogP contribution in [0.5, 0.6) is 0 Å². The van der Waals surface area contributed by atoms with E-state index in [1.165, 1.54) is 5.56 Å². The summed E-state index contributed by atoms with van der Waals surface area (Å²) in [6.07, 6.45) is 4.74. The lowest BCUT2D eigenvalue weighted by Gasteiger charge is -2.04. The Labute approximate surface area is 85.1 Å². The second-order valence-corrected chi connectivity index (χ2v) is 3.10. The quantitative estimate of drug-likeness (QED) is 0.649. The molecule has 0 amide bonds. The van der Waals surface area contributed by atoms with Crippen molar-refractivity contribution >= 4 is 0 Å². The van der Waals surface area contributed by atoms with E-state index in [-0.39, 0.29) is 0 Å². The lowest BCUT2D eigenvalue weighted by Crippen LogP contribution is -2.02. The zero-order valence-electron chi connectivity index (χ0n) is 8.82. The molecule has 0 aromatic carbocycles. The SMILES string of the molecule is CCc1cncc(COCCOC)c1. The van der Waals surface area contributed by atoms with E-state index in [0.717, 1.165) is 12.0 Å². The number of nitrogens with zero attached hydrogens (tertiary/aromatic N) is 1. The van der Waals surface area contributed by atoms with Crippen LogP contribution in [0, 0.1) is 0 Å². The van der Waals surface area contributed by atoms with Crippen molar-refractivity contribution in [1.82, 2.24) is 4.98 Å². The molecule has 78 valence electrons. The average Bonchev–Trinajstić information content (AvgIpc) is 2.25. The first-order valence-corrected chi connectivity index (χ1v) is 4.86. The average molecular weight is 195 g/mol. The minimum absolute atomic E-state index is 0.615. The predicted octanol–water partition coefficient (Wildman–Crippen LogP) is 1.81. The molecule has 0 atom stereocenters. The molecule has 0 unspecified atom stereocenters. The smallest absolute Gasteiger partial charge is 0.0733 e. The van der Waals surface area contributed by atoms with Gasteiger partial charge < -0.3 is 9.47 Å². The molecule has 0 N–H and O–H groups in total. The van der Waals surface area contributed by atoms with Crippen LogP contribution in [0.3, 0.4) is 0 Å². The van der Waals surface area contributed by atoms with E-state index in [1.807, 2.05) is 12.4 Å². The van der Waals surface area contributed by atoms with E-state index in [2.05, 4.69) is 18.0 Å². The first kappa shape index (κ1) is 11.1. The molecule has 1 aromatic heterocycles. The number of rotatable bonds is 6. The number of ether oxygens (including phenoxy) is 2. The number of aromatic nitrogens is 1. The fourth-order valence-corrected chi connectivity index (χ4v) is 1.15. The van der Waals surface area contributed by atoms with Crippen molar-refractivity contribution in [3.8, 4) is 0 Å². The minimum atomic E-state index is 0.615. The van der Waals surface area contributed by atoms with Gasteiger partial charge in [0.05, 0.1) is 19.8 Å². The minimum Gasteiger partial charge on any atom is -0.382 e. The molecule has 0 aliphatic rings. The van der Waals surface area contributed by atoms with Crippen molar-refractivity contribution in [3.05, 3.63) is 29.6 Å². The van der Waals surface area contributed by atoms with Gasteiger partial charge in [-0.15, -0.1) is 0 Å². The van der Waals surface area contributed by atoms with Gasteiger partial charge in [-0.25, -0.2) is 0 Å². The van der Waals surface area contributed by atoms with Gasteiger partial charge in [-0.05, 0) is 17.5 Å². The highest BCUT2D eigenvalue weighted by molar-refractivity contribution is 5.17. The fraction of sp³-hybridized carbons (Fsp3) is 0.545. The summed E-state index contributed by atoms with van der Waals surface area (Å²) in [5.74, 6) is 0. The largest absolute Gasteiger partial charge is 0.382 e. The zero-order valence-corrected chi connectivity index (χ0v) is 8.82. The van der Waals surface area contributed by atoms with E-state index in [9.17, 15) is 0 Å². The van der Waals surface area contributed by atoms with Crippen LogP contribution in [0.2, 0.25) is 0 Å². The first-order chi connectivity index (χ1) is 6.86. The highest BCUT2D eigenvalue weighted by atomic mass is 16.5. The Balaban J connectivity index is 2.34. The molecule has 0 aliphatic carbocycles. The standard InChI is InChI=1S/C11H17NO2/c1-3-10-6-11(8-12-7-10)9-14-5-4-13-2/h6-8H,3-5,9H2,1-2H3. The summed E-state index contributed by atoms with van der Waals surface area (Å²) in [6, 6.07) is 2.12. The lowest BCUT2D eigenvalue weighted by atomic mass is 10.2. The summed E-state index contributed by atoms with van der Waals surface area (Å²) in [4.78, 5) is 4.14. The molecule has 0 bridgehead atoms. The maximum Gasteiger partial charge on any atom is 0.0733 e. The molecule has 0 saturated carbocycles. The van der Waals surface area contributed by atoms with Crippen LogP contribution in [0.1, 0.15) is 18.1 Å².